The van der Waals surface area contributed by atoms with Crippen LogP contribution >= 0.6 is 34.5 Å². The van der Waals surface area contributed by atoms with Crippen molar-refractivity contribution in [2.24, 2.45) is 0 Å². The van der Waals surface area contributed by atoms with Crippen LogP contribution in [0.5, 0.6) is 0 Å². The van der Waals surface area contributed by atoms with Crippen LogP contribution in [-0.4, -0.2) is 28.2 Å². The van der Waals surface area contributed by atoms with Gasteiger partial charge in [-0.25, -0.2) is 9.18 Å². The maximum Gasteiger partial charge on any atom is 0.319 e. The van der Waals surface area contributed by atoms with E-state index in [1.54, 1.807) is 30.3 Å². The molecule has 0 saturated heterocycles. The van der Waals surface area contributed by atoms with Gasteiger partial charge < -0.3 is 10.6 Å². The number of carbonyl (C=O) groups excluding carboxylic acids is 2. The summed E-state index contributed by atoms with van der Waals surface area (Å²) in [6.45, 7) is 0. The number of carbonyl (C=O) groups is 2. The highest BCUT2D eigenvalue weighted by atomic mass is 35.5. The lowest BCUT2D eigenvalue weighted by Gasteiger charge is -2.18. The quantitative estimate of drug-likeness (QED) is 0.272. The number of rotatable bonds is 7. The Morgan fingerprint density at radius 2 is 1.66 bits per heavy atom. The van der Waals surface area contributed by atoms with Crippen LogP contribution < -0.4 is 16.0 Å². The number of urea groups is 1. The van der Waals surface area contributed by atoms with E-state index in [1.165, 1.54) is 12.1 Å². The van der Waals surface area contributed by atoms with Gasteiger partial charge >= 0.3 is 6.03 Å². The van der Waals surface area contributed by atoms with Crippen molar-refractivity contribution in [2.45, 2.75) is 12.5 Å². The summed E-state index contributed by atoms with van der Waals surface area (Å²) in [5.41, 5.74) is 1.82. The zero-order chi connectivity index (χ0) is 24.8. The normalized spacial score (nSPS) is 11.5. The van der Waals surface area contributed by atoms with Gasteiger partial charge in [0.05, 0.1) is 15.7 Å². The number of nitrogens with one attached hydrogen (secondary N) is 3. The summed E-state index contributed by atoms with van der Waals surface area (Å²) in [7, 11) is 0. The molecule has 0 aliphatic heterocycles. The fraction of sp³-hybridized carbons (Fsp3) is 0.0833. The first-order valence-corrected chi connectivity index (χ1v) is 11.9. The van der Waals surface area contributed by atoms with Gasteiger partial charge in [0.25, 0.3) is 0 Å². The summed E-state index contributed by atoms with van der Waals surface area (Å²) in [5.74, 6) is -0.845. The van der Waals surface area contributed by atoms with E-state index in [9.17, 15) is 14.0 Å². The molecule has 0 aliphatic rings. The molecule has 35 heavy (non-hydrogen) atoms. The third kappa shape index (κ3) is 6.54. The minimum Gasteiger partial charge on any atom is -0.326 e. The van der Waals surface area contributed by atoms with Crippen LogP contribution in [0, 0.1) is 5.82 Å². The number of benzene rings is 3. The van der Waals surface area contributed by atoms with E-state index in [-0.39, 0.29) is 27.4 Å². The predicted octanol–water partition coefficient (Wildman–Crippen LogP) is 6.02. The second-order valence-corrected chi connectivity index (χ2v) is 9.11. The molecule has 0 spiro atoms. The lowest BCUT2D eigenvalue weighted by molar-refractivity contribution is -0.117. The minimum absolute atomic E-state index is 0.190. The maximum absolute atomic E-state index is 13.2. The van der Waals surface area contributed by atoms with Gasteiger partial charge in [-0.05, 0) is 42.0 Å². The van der Waals surface area contributed by atoms with Crippen LogP contribution in [0.4, 0.5) is 20.0 Å². The van der Waals surface area contributed by atoms with E-state index in [4.69, 9.17) is 23.2 Å². The molecule has 0 aliphatic carbocycles. The fourth-order valence-electron chi connectivity index (χ4n) is 3.15. The average Bonchev–Trinajstić information content (AvgIpc) is 3.31. The van der Waals surface area contributed by atoms with Gasteiger partial charge in [-0.15, -0.1) is 10.2 Å². The topological polar surface area (TPSA) is 96.0 Å². The molecule has 4 rings (SSSR count). The standard InChI is InChI=1S/C24H18Cl2FN5O2S/c25-17-7-4-8-18(20(17)26)28-23(34)29-19(13-14-5-2-1-3-6-14)21(33)30-24-32-31-22(35-24)15-9-11-16(27)12-10-15/h1-12,19H,13H2,(H2,28,29,34)(H,30,32,33)/t19-/m0/s1. The highest BCUT2D eigenvalue weighted by Crippen LogP contribution is 2.29. The second-order valence-electron chi connectivity index (χ2n) is 7.35. The summed E-state index contributed by atoms with van der Waals surface area (Å²) in [5, 5.41) is 17.3. The number of aromatic nitrogens is 2. The molecule has 0 saturated carbocycles. The lowest BCUT2D eigenvalue weighted by atomic mass is 10.1. The van der Waals surface area contributed by atoms with Crippen LogP contribution in [0.2, 0.25) is 10.0 Å². The van der Waals surface area contributed by atoms with Crippen LogP contribution in [0.25, 0.3) is 10.6 Å². The SMILES string of the molecule is O=C(Nc1cccc(Cl)c1Cl)N[C@@H](Cc1ccccc1)C(=O)Nc1nnc(-c2ccc(F)cc2)s1. The van der Waals surface area contributed by atoms with Crippen molar-refractivity contribution < 1.29 is 14.0 Å². The zero-order valence-electron chi connectivity index (χ0n) is 18.0. The Morgan fingerprint density at radius 3 is 2.40 bits per heavy atom. The Bertz CT molecular complexity index is 1340. The number of amides is 3. The van der Waals surface area contributed by atoms with E-state index in [0.29, 0.717) is 16.3 Å². The van der Waals surface area contributed by atoms with Gasteiger partial charge in [0.1, 0.15) is 16.9 Å². The number of anilines is 2. The number of halogens is 3. The molecule has 0 bridgehead atoms. The molecule has 0 radical (unpaired) electrons. The van der Waals surface area contributed by atoms with Crippen molar-refractivity contribution >= 4 is 57.3 Å². The molecule has 3 aromatic carbocycles. The first kappa shape index (κ1) is 24.6. The molecule has 1 aromatic heterocycles. The molecule has 0 fully saturated rings. The molecule has 178 valence electrons. The van der Waals surface area contributed by atoms with Gasteiger partial charge in [0.15, 0.2) is 0 Å². The van der Waals surface area contributed by atoms with Gasteiger partial charge in [-0.2, -0.15) is 0 Å². The predicted molar refractivity (Wildman–Crippen MR) is 136 cm³/mol. The number of nitrogens with zero attached hydrogens (tertiary/aromatic N) is 2. The fourth-order valence-corrected chi connectivity index (χ4v) is 4.25. The summed E-state index contributed by atoms with van der Waals surface area (Å²) in [6, 6.07) is 18.3. The zero-order valence-corrected chi connectivity index (χ0v) is 20.3. The third-order valence-electron chi connectivity index (χ3n) is 4.85. The minimum atomic E-state index is -0.937. The first-order chi connectivity index (χ1) is 16.9. The average molecular weight is 530 g/mol. The van der Waals surface area contributed by atoms with E-state index < -0.39 is 18.0 Å². The monoisotopic (exact) mass is 529 g/mol. The highest BCUT2D eigenvalue weighted by Gasteiger charge is 2.23. The molecule has 11 heteroatoms. The van der Waals surface area contributed by atoms with Crippen LogP contribution in [0.3, 0.4) is 0 Å². The van der Waals surface area contributed by atoms with Gasteiger partial charge in [0, 0.05) is 12.0 Å². The Labute approximate surface area is 214 Å². The van der Waals surface area contributed by atoms with Crippen LogP contribution in [-0.2, 0) is 11.2 Å². The van der Waals surface area contributed by atoms with Crippen molar-refractivity contribution in [3.63, 3.8) is 0 Å². The van der Waals surface area contributed by atoms with Crippen molar-refractivity contribution in [1.29, 1.82) is 0 Å². The summed E-state index contributed by atoms with van der Waals surface area (Å²) < 4.78 is 13.2. The summed E-state index contributed by atoms with van der Waals surface area (Å²) >= 11 is 13.3. The van der Waals surface area contributed by atoms with Crippen molar-refractivity contribution in [1.82, 2.24) is 15.5 Å². The number of hydrogen-bond donors (Lipinski definition) is 3. The van der Waals surface area contributed by atoms with E-state index in [2.05, 4.69) is 26.1 Å². The second kappa shape index (κ2) is 11.3. The van der Waals surface area contributed by atoms with Gasteiger partial charge in [-0.3, -0.25) is 10.1 Å². The first-order valence-electron chi connectivity index (χ1n) is 10.3. The Kier molecular flexibility index (Phi) is 7.91. The highest BCUT2D eigenvalue weighted by molar-refractivity contribution is 7.18. The largest absolute Gasteiger partial charge is 0.326 e. The van der Waals surface area contributed by atoms with Crippen LogP contribution in [0.15, 0.2) is 72.8 Å². The molecule has 3 N–H and O–H groups in total. The summed E-state index contributed by atoms with van der Waals surface area (Å²) in [4.78, 5) is 25.8. The van der Waals surface area contributed by atoms with E-state index in [1.807, 2.05) is 30.3 Å². The van der Waals surface area contributed by atoms with Gasteiger partial charge in [0.2, 0.25) is 11.0 Å². The Morgan fingerprint density at radius 1 is 0.914 bits per heavy atom. The molecule has 0 unspecified atom stereocenters. The maximum atomic E-state index is 13.2. The molecular weight excluding hydrogens is 512 g/mol. The van der Waals surface area contributed by atoms with E-state index in [0.717, 1.165) is 16.9 Å². The molecule has 3 amide bonds. The van der Waals surface area contributed by atoms with Crippen molar-refractivity contribution in [3.8, 4) is 10.6 Å². The van der Waals surface area contributed by atoms with Crippen molar-refractivity contribution in [2.75, 3.05) is 10.6 Å². The smallest absolute Gasteiger partial charge is 0.319 e. The molecule has 4 aromatic rings. The molecule has 1 heterocycles. The van der Waals surface area contributed by atoms with Gasteiger partial charge in [-0.1, -0.05) is 70.9 Å². The molecule has 1 atom stereocenters. The third-order valence-corrected chi connectivity index (χ3v) is 6.56. The number of hydrogen-bond acceptors (Lipinski definition) is 5. The molecule has 7 nitrogen and oxygen atoms in total. The molecular formula is C24H18Cl2FN5O2S. The Hall–Kier alpha value is -3.53. The van der Waals surface area contributed by atoms with Crippen LogP contribution in [0.1, 0.15) is 5.56 Å². The summed E-state index contributed by atoms with van der Waals surface area (Å²) in [6.07, 6.45) is 0.229. The lowest BCUT2D eigenvalue weighted by Crippen LogP contribution is -2.47. The van der Waals surface area contributed by atoms with E-state index >= 15 is 0 Å². The Balaban J connectivity index is 1.48. The van der Waals surface area contributed by atoms with Crippen molar-refractivity contribution in [3.05, 3.63) is 94.2 Å².